The summed E-state index contributed by atoms with van der Waals surface area (Å²) in [6.45, 7) is 3.57. The first-order chi connectivity index (χ1) is 11.0. The van der Waals surface area contributed by atoms with Crippen LogP contribution in [0.25, 0.3) is 10.8 Å². The normalized spacial score (nSPS) is 11.9. The predicted molar refractivity (Wildman–Crippen MR) is 88.4 cm³/mol. The van der Waals surface area contributed by atoms with Crippen LogP contribution in [0.15, 0.2) is 36.4 Å². The quantitative estimate of drug-likeness (QED) is 0.804. The lowest BCUT2D eigenvalue weighted by Crippen LogP contribution is -2.35. The van der Waals surface area contributed by atoms with Gasteiger partial charge in [-0.05, 0) is 36.2 Å². The number of hydrogen-bond donors (Lipinski definition) is 2. The van der Waals surface area contributed by atoms with Crippen molar-refractivity contribution in [2.45, 2.75) is 32.7 Å². The van der Waals surface area contributed by atoms with Crippen LogP contribution in [0.2, 0.25) is 0 Å². The van der Waals surface area contributed by atoms with Crippen LogP contribution in [0.4, 0.5) is 0 Å². The highest BCUT2D eigenvalue weighted by Crippen LogP contribution is 2.25. The summed E-state index contributed by atoms with van der Waals surface area (Å²) in [4.78, 5) is 23.8. The van der Waals surface area contributed by atoms with E-state index in [0.29, 0.717) is 0 Å². The molecule has 0 heterocycles. The van der Waals surface area contributed by atoms with E-state index in [4.69, 9.17) is 4.74 Å². The van der Waals surface area contributed by atoms with Crippen LogP contribution in [0, 0.1) is 0 Å². The number of phenolic OH excluding ortho intramolecular Hbond substituents is 1. The van der Waals surface area contributed by atoms with Crippen molar-refractivity contribution in [2.24, 2.45) is 0 Å². The molecule has 5 heteroatoms. The van der Waals surface area contributed by atoms with Gasteiger partial charge in [0.1, 0.15) is 11.3 Å². The van der Waals surface area contributed by atoms with E-state index < -0.39 is 5.97 Å². The summed E-state index contributed by atoms with van der Waals surface area (Å²) in [5.41, 5.74) is 0.0538. The highest BCUT2D eigenvalue weighted by atomic mass is 16.5. The molecule has 0 aromatic heterocycles. The largest absolute Gasteiger partial charge is 0.507 e. The van der Waals surface area contributed by atoms with Crippen molar-refractivity contribution in [3.05, 3.63) is 42.0 Å². The molecule has 122 valence electrons. The van der Waals surface area contributed by atoms with Crippen molar-refractivity contribution in [2.75, 3.05) is 6.61 Å². The molecule has 0 saturated heterocycles. The molecular weight excluding hydrogens is 294 g/mol. The van der Waals surface area contributed by atoms with Gasteiger partial charge in [0.05, 0.1) is 0 Å². The van der Waals surface area contributed by atoms with Gasteiger partial charge in [0.15, 0.2) is 6.61 Å². The van der Waals surface area contributed by atoms with E-state index in [-0.39, 0.29) is 29.9 Å². The van der Waals surface area contributed by atoms with Crippen LogP contribution >= 0.6 is 0 Å². The third-order valence-corrected chi connectivity index (χ3v) is 3.55. The summed E-state index contributed by atoms with van der Waals surface area (Å²) in [6.07, 6.45) is 1.83. The predicted octanol–water partition coefficient (Wildman–Crippen LogP) is 3.01. The zero-order chi connectivity index (χ0) is 16.8. The first kappa shape index (κ1) is 16.8. The number of carbonyl (C=O) groups is 2. The summed E-state index contributed by atoms with van der Waals surface area (Å²) in [7, 11) is 0. The highest BCUT2D eigenvalue weighted by Gasteiger charge is 2.16. The van der Waals surface area contributed by atoms with Gasteiger partial charge in [-0.15, -0.1) is 0 Å². The number of fused-ring (bicyclic) bond motifs is 1. The molecule has 2 aromatic rings. The Bertz CT molecular complexity index is 711. The van der Waals surface area contributed by atoms with Gasteiger partial charge in [0, 0.05) is 6.04 Å². The molecule has 23 heavy (non-hydrogen) atoms. The summed E-state index contributed by atoms with van der Waals surface area (Å²) in [5.74, 6) is -1.22. The van der Waals surface area contributed by atoms with Crippen LogP contribution in [0.5, 0.6) is 5.75 Å². The number of esters is 1. The molecule has 5 nitrogen and oxygen atoms in total. The van der Waals surface area contributed by atoms with Crippen molar-refractivity contribution in [1.82, 2.24) is 5.32 Å². The fourth-order valence-electron chi connectivity index (χ4n) is 2.42. The van der Waals surface area contributed by atoms with E-state index in [9.17, 15) is 14.7 Å². The van der Waals surface area contributed by atoms with Gasteiger partial charge in [-0.1, -0.05) is 37.6 Å². The van der Waals surface area contributed by atoms with Gasteiger partial charge < -0.3 is 15.2 Å². The van der Waals surface area contributed by atoms with Gasteiger partial charge in [-0.3, -0.25) is 4.79 Å². The van der Waals surface area contributed by atoms with Gasteiger partial charge in [-0.25, -0.2) is 4.79 Å². The molecule has 1 amide bonds. The average Bonchev–Trinajstić information content (AvgIpc) is 2.52. The van der Waals surface area contributed by atoms with E-state index >= 15 is 0 Å². The van der Waals surface area contributed by atoms with Crippen molar-refractivity contribution in [3.63, 3.8) is 0 Å². The van der Waals surface area contributed by atoms with Gasteiger partial charge in [-0.2, -0.15) is 0 Å². The Hall–Kier alpha value is -2.56. The van der Waals surface area contributed by atoms with Gasteiger partial charge in [0.25, 0.3) is 5.91 Å². The number of rotatable bonds is 6. The number of amides is 1. The molecule has 0 aliphatic rings. The summed E-state index contributed by atoms with van der Waals surface area (Å²) < 4.78 is 4.99. The lowest BCUT2D eigenvalue weighted by molar-refractivity contribution is -0.124. The second kappa shape index (κ2) is 7.63. The summed E-state index contributed by atoms with van der Waals surface area (Å²) in [5, 5.41) is 14.4. The van der Waals surface area contributed by atoms with Crippen molar-refractivity contribution < 1.29 is 19.4 Å². The SMILES string of the molecule is CCC[C@H](C)NC(=O)COC(=O)c1cc2ccccc2cc1O. The number of benzene rings is 2. The fourth-order valence-corrected chi connectivity index (χ4v) is 2.42. The van der Waals surface area contributed by atoms with Crippen molar-refractivity contribution in [1.29, 1.82) is 0 Å². The number of aromatic hydroxyl groups is 1. The minimum Gasteiger partial charge on any atom is -0.507 e. The number of hydrogen-bond acceptors (Lipinski definition) is 4. The van der Waals surface area contributed by atoms with Crippen molar-refractivity contribution in [3.8, 4) is 5.75 Å². The standard InChI is InChI=1S/C18H21NO4/c1-3-6-12(2)19-17(21)11-23-18(22)15-9-13-7-4-5-8-14(13)10-16(15)20/h4-5,7-10,12,20H,3,6,11H2,1-2H3,(H,19,21)/t12-/m0/s1. The molecule has 0 radical (unpaired) electrons. The number of carbonyl (C=O) groups excluding carboxylic acids is 2. The fraction of sp³-hybridized carbons (Fsp3) is 0.333. The summed E-state index contributed by atoms with van der Waals surface area (Å²) in [6, 6.07) is 10.5. The van der Waals surface area contributed by atoms with Crippen LogP contribution in [-0.4, -0.2) is 29.6 Å². The molecule has 0 unspecified atom stereocenters. The minimum atomic E-state index is -0.716. The number of phenols is 1. The molecule has 2 aromatic carbocycles. The minimum absolute atomic E-state index is 0.0419. The average molecular weight is 315 g/mol. The smallest absolute Gasteiger partial charge is 0.342 e. The molecule has 1 atom stereocenters. The maximum Gasteiger partial charge on any atom is 0.342 e. The van der Waals surface area contributed by atoms with E-state index in [0.717, 1.165) is 23.6 Å². The molecule has 0 aliphatic carbocycles. The maximum atomic E-state index is 12.1. The zero-order valence-electron chi connectivity index (χ0n) is 13.3. The molecule has 0 saturated carbocycles. The monoisotopic (exact) mass is 315 g/mol. The van der Waals surface area contributed by atoms with Crippen LogP contribution in [0.3, 0.4) is 0 Å². The van der Waals surface area contributed by atoms with E-state index in [1.807, 2.05) is 38.1 Å². The van der Waals surface area contributed by atoms with E-state index in [1.165, 1.54) is 6.07 Å². The van der Waals surface area contributed by atoms with E-state index in [1.54, 1.807) is 6.07 Å². The Morgan fingerprint density at radius 1 is 1.22 bits per heavy atom. The molecule has 2 rings (SSSR count). The Morgan fingerprint density at radius 3 is 2.52 bits per heavy atom. The summed E-state index contributed by atoms with van der Waals surface area (Å²) >= 11 is 0. The lowest BCUT2D eigenvalue weighted by atomic mass is 10.1. The Labute approximate surface area is 135 Å². The molecule has 0 aliphatic heterocycles. The Balaban J connectivity index is 2.01. The van der Waals surface area contributed by atoms with E-state index in [2.05, 4.69) is 5.32 Å². The maximum absolute atomic E-state index is 12.1. The lowest BCUT2D eigenvalue weighted by Gasteiger charge is -2.13. The molecular formula is C18H21NO4. The van der Waals surface area contributed by atoms with Crippen LogP contribution < -0.4 is 5.32 Å². The Morgan fingerprint density at radius 2 is 1.87 bits per heavy atom. The second-order valence-corrected chi connectivity index (χ2v) is 5.55. The Kier molecular flexibility index (Phi) is 5.57. The topological polar surface area (TPSA) is 75.6 Å². The van der Waals surface area contributed by atoms with Crippen LogP contribution in [0.1, 0.15) is 37.0 Å². The molecule has 2 N–H and O–H groups in total. The molecule has 0 bridgehead atoms. The van der Waals surface area contributed by atoms with Gasteiger partial charge >= 0.3 is 5.97 Å². The van der Waals surface area contributed by atoms with Crippen LogP contribution in [-0.2, 0) is 9.53 Å². The first-order valence-corrected chi connectivity index (χ1v) is 7.69. The number of nitrogens with one attached hydrogen (secondary N) is 1. The molecule has 0 spiro atoms. The van der Waals surface area contributed by atoms with Gasteiger partial charge in [0.2, 0.25) is 0 Å². The third kappa shape index (κ3) is 4.45. The zero-order valence-corrected chi connectivity index (χ0v) is 13.3. The molecule has 0 fully saturated rings. The highest BCUT2D eigenvalue weighted by molar-refractivity contribution is 5.99. The number of ether oxygens (including phenoxy) is 1. The second-order valence-electron chi connectivity index (χ2n) is 5.55. The van der Waals surface area contributed by atoms with Crippen molar-refractivity contribution >= 4 is 22.6 Å². The third-order valence-electron chi connectivity index (χ3n) is 3.55. The first-order valence-electron chi connectivity index (χ1n) is 7.69.